The summed E-state index contributed by atoms with van der Waals surface area (Å²) in [5, 5.41) is 3.31. The fraction of sp³-hybridized carbons (Fsp3) is 0.333. The van der Waals surface area contributed by atoms with Crippen LogP contribution in [0.15, 0.2) is 59.6 Å². The van der Waals surface area contributed by atoms with Crippen LogP contribution in [0.3, 0.4) is 0 Å². The molecule has 2 aromatic rings. The molecule has 0 aliphatic rings. The summed E-state index contributed by atoms with van der Waals surface area (Å²) in [5.74, 6) is 1.12. The highest BCUT2D eigenvalue weighted by Gasteiger charge is 2.23. The Balaban J connectivity index is 2.29. The number of nitrogens with one attached hydrogen (secondary N) is 1. The predicted octanol–water partition coefficient (Wildman–Crippen LogP) is 4.82. The number of ketones is 1. The lowest BCUT2D eigenvalue weighted by Gasteiger charge is -2.21. The molecule has 1 unspecified atom stereocenters. The minimum atomic E-state index is -0.372. The van der Waals surface area contributed by atoms with Crippen LogP contribution in [-0.4, -0.2) is 24.3 Å². The van der Waals surface area contributed by atoms with Crippen LogP contribution in [0.2, 0.25) is 0 Å². The molecule has 0 bridgehead atoms. The van der Waals surface area contributed by atoms with Gasteiger partial charge in [-0.3, -0.25) is 9.79 Å². The van der Waals surface area contributed by atoms with Gasteiger partial charge in [0.05, 0.1) is 18.6 Å². The molecule has 2 rings (SSSR count). The molecule has 0 amide bonds. The highest BCUT2D eigenvalue weighted by Crippen LogP contribution is 2.19. The van der Waals surface area contributed by atoms with E-state index in [2.05, 4.69) is 5.32 Å². The smallest absolute Gasteiger partial charge is 0.173 e. The van der Waals surface area contributed by atoms with E-state index < -0.39 is 0 Å². The van der Waals surface area contributed by atoms with E-state index >= 15 is 0 Å². The highest BCUT2D eigenvalue weighted by atomic mass is 16.5. The van der Waals surface area contributed by atoms with Crippen LogP contribution in [0.25, 0.3) is 0 Å². The van der Waals surface area contributed by atoms with E-state index in [4.69, 9.17) is 9.73 Å². The standard InChI is InChI=1S/C21H26N2O2/c1-15(19(24)16-9-7-6-8-10-16)20(23-21(2,3)4)22-17-11-13-18(25-5)14-12-17/h6-15H,1-5H3,(H,22,23). The molecule has 0 saturated heterocycles. The van der Waals surface area contributed by atoms with Crippen LogP contribution in [0, 0.1) is 5.92 Å². The molecule has 0 spiro atoms. The third kappa shape index (κ3) is 5.45. The van der Waals surface area contributed by atoms with Crippen molar-refractivity contribution in [1.29, 1.82) is 0 Å². The molecule has 0 radical (unpaired) electrons. The zero-order chi connectivity index (χ0) is 18.4. The summed E-state index contributed by atoms with van der Waals surface area (Å²) in [6.07, 6.45) is 0. The first kappa shape index (κ1) is 18.7. The lowest BCUT2D eigenvalue weighted by atomic mass is 9.97. The minimum absolute atomic E-state index is 0.0459. The Hall–Kier alpha value is -2.62. The van der Waals surface area contributed by atoms with Crippen LogP contribution in [0.1, 0.15) is 38.1 Å². The number of carbonyl (C=O) groups is 1. The Morgan fingerprint density at radius 3 is 2.16 bits per heavy atom. The van der Waals surface area contributed by atoms with E-state index in [-0.39, 0.29) is 17.2 Å². The summed E-state index contributed by atoms with van der Waals surface area (Å²) in [5.41, 5.74) is 1.27. The van der Waals surface area contributed by atoms with E-state index in [9.17, 15) is 4.79 Å². The third-order valence-electron chi connectivity index (χ3n) is 3.68. The number of hydrogen-bond acceptors (Lipinski definition) is 3. The Morgan fingerprint density at radius 2 is 1.64 bits per heavy atom. The Morgan fingerprint density at radius 1 is 1.04 bits per heavy atom. The van der Waals surface area contributed by atoms with E-state index in [0.29, 0.717) is 11.4 Å². The van der Waals surface area contributed by atoms with Gasteiger partial charge in [0.25, 0.3) is 0 Å². The third-order valence-corrected chi connectivity index (χ3v) is 3.68. The van der Waals surface area contributed by atoms with E-state index in [1.807, 2.05) is 82.3 Å². The normalized spacial score (nSPS) is 13.2. The van der Waals surface area contributed by atoms with Crippen molar-refractivity contribution in [3.05, 3.63) is 60.2 Å². The molecule has 1 atom stereocenters. The van der Waals surface area contributed by atoms with Crippen molar-refractivity contribution in [3.63, 3.8) is 0 Å². The molecule has 0 fully saturated rings. The quantitative estimate of drug-likeness (QED) is 0.483. The molecule has 0 aliphatic carbocycles. The monoisotopic (exact) mass is 338 g/mol. The van der Waals surface area contributed by atoms with Crippen molar-refractivity contribution in [3.8, 4) is 5.75 Å². The average Bonchev–Trinajstić information content (AvgIpc) is 2.60. The number of hydrogen-bond donors (Lipinski definition) is 1. The summed E-state index contributed by atoms with van der Waals surface area (Å²) >= 11 is 0. The SMILES string of the molecule is COc1ccc(NC(=NC(C)(C)C)C(C)C(=O)c2ccccc2)cc1. The van der Waals surface area contributed by atoms with Crippen LogP contribution in [0.4, 0.5) is 5.69 Å². The second-order valence-corrected chi connectivity index (χ2v) is 6.97. The van der Waals surface area contributed by atoms with Crippen LogP contribution >= 0.6 is 0 Å². The van der Waals surface area contributed by atoms with Gasteiger partial charge in [-0.1, -0.05) is 30.3 Å². The zero-order valence-corrected chi connectivity index (χ0v) is 15.5. The van der Waals surface area contributed by atoms with Gasteiger partial charge in [0.1, 0.15) is 11.6 Å². The first-order chi connectivity index (χ1) is 11.8. The van der Waals surface area contributed by atoms with Gasteiger partial charge in [-0.05, 0) is 52.0 Å². The molecule has 0 aromatic heterocycles. The summed E-state index contributed by atoms with van der Waals surface area (Å²) in [6, 6.07) is 16.9. The molecular formula is C21H26N2O2. The first-order valence-electron chi connectivity index (χ1n) is 8.40. The summed E-state index contributed by atoms with van der Waals surface area (Å²) in [4.78, 5) is 17.6. The Labute approximate surface area is 149 Å². The number of Topliss-reactive ketones (excluding diaryl/α,β-unsaturated/α-hetero) is 1. The van der Waals surface area contributed by atoms with Crippen molar-refractivity contribution in [2.24, 2.45) is 10.9 Å². The predicted molar refractivity (Wildman–Crippen MR) is 104 cm³/mol. The lowest BCUT2D eigenvalue weighted by Crippen LogP contribution is -2.31. The van der Waals surface area contributed by atoms with Gasteiger partial charge < -0.3 is 10.1 Å². The maximum absolute atomic E-state index is 12.8. The number of methoxy groups -OCH3 is 1. The molecule has 4 nitrogen and oxygen atoms in total. The molecule has 4 heteroatoms. The topological polar surface area (TPSA) is 50.7 Å². The number of carbonyl (C=O) groups excluding carboxylic acids is 1. The van der Waals surface area contributed by atoms with E-state index in [1.54, 1.807) is 7.11 Å². The molecule has 2 aromatic carbocycles. The van der Waals surface area contributed by atoms with Crippen molar-refractivity contribution in [2.75, 3.05) is 12.4 Å². The fourth-order valence-electron chi connectivity index (χ4n) is 2.39. The van der Waals surface area contributed by atoms with Crippen molar-refractivity contribution >= 4 is 17.3 Å². The second-order valence-electron chi connectivity index (χ2n) is 6.97. The number of aliphatic imine (C=N–C) groups is 1. The van der Waals surface area contributed by atoms with Gasteiger partial charge in [0.2, 0.25) is 0 Å². The maximum Gasteiger partial charge on any atom is 0.173 e. The van der Waals surface area contributed by atoms with Crippen LogP contribution in [0.5, 0.6) is 5.75 Å². The van der Waals surface area contributed by atoms with Crippen LogP contribution in [-0.2, 0) is 0 Å². The molecule has 0 aliphatic heterocycles. The molecular weight excluding hydrogens is 312 g/mol. The highest BCUT2D eigenvalue weighted by molar-refractivity contribution is 6.15. The number of benzene rings is 2. The summed E-state index contributed by atoms with van der Waals surface area (Å²) in [6.45, 7) is 7.93. The minimum Gasteiger partial charge on any atom is -0.497 e. The summed E-state index contributed by atoms with van der Waals surface area (Å²) in [7, 11) is 1.63. The first-order valence-corrected chi connectivity index (χ1v) is 8.40. The number of ether oxygens (including phenoxy) is 1. The summed E-state index contributed by atoms with van der Waals surface area (Å²) < 4.78 is 5.19. The van der Waals surface area contributed by atoms with Gasteiger partial charge in [-0.15, -0.1) is 0 Å². The number of nitrogens with zero attached hydrogens (tertiary/aromatic N) is 1. The van der Waals surface area contributed by atoms with Crippen molar-refractivity contribution in [1.82, 2.24) is 0 Å². The molecule has 0 saturated carbocycles. The number of anilines is 1. The van der Waals surface area contributed by atoms with Crippen molar-refractivity contribution in [2.45, 2.75) is 33.2 Å². The molecule has 132 valence electrons. The molecule has 1 N–H and O–H groups in total. The largest absolute Gasteiger partial charge is 0.497 e. The van der Waals surface area contributed by atoms with E-state index in [1.165, 1.54) is 0 Å². The second kappa shape index (κ2) is 7.97. The van der Waals surface area contributed by atoms with Gasteiger partial charge in [-0.25, -0.2) is 0 Å². The number of rotatable bonds is 5. The van der Waals surface area contributed by atoms with Gasteiger partial charge >= 0.3 is 0 Å². The zero-order valence-electron chi connectivity index (χ0n) is 15.5. The van der Waals surface area contributed by atoms with Gasteiger partial charge in [0, 0.05) is 11.3 Å². The fourth-order valence-corrected chi connectivity index (χ4v) is 2.39. The average molecular weight is 338 g/mol. The molecule has 25 heavy (non-hydrogen) atoms. The maximum atomic E-state index is 12.8. The molecule has 0 heterocycles. The van der Waals surface area contributed by atoms with Crippen LogP contribution < -0.4 is 10.1 Å². The number of amidine groups is 1. The van der Waals surface area contributed by atoms with Gasteiger partial charge in [0.15, 0.2) is 5.78 Å². The Bertz CT molecular complexity index is 729. The van der Waals surface area contributed by atoms with Crippen molar-refractivity contribution < 1.29 is 9.53 Å². The van der Waals surface area contributed by atoms with E-state index in [0.717, 1.165) is 11.4 Å². The Kier molecular flexibility index (Phi) is 5.97. The lowest BCUT2D eigenvalue weighted by molar-refractivity contribution is 0.0961. The van der Waals surface area contributed by atoms with Gasteiger partial charge in [-0.2, -0.15) is 0 Å².